The SMILES string of the molecule is COc1ccc(C(=O)Nc2cc(F)c3nc(N4CCOCC4)ccc3c2)c(OC)c1. The topological polar surface area (TPSA) is 72.9 Å². The van der Waals surface area contributed by atoms with E-state index in [2.05, 4.69) is 15.2 Å². The van der Waals surface area contributed by atoms with Gasteiger partial charge in [0.05, 0.1) is 33.0 Å². The number of hydrogen-bond acceptors (Lipinski definition) is 6. The summed E-state index contributed by atoms with van der Waals surface area (Å²) in [7, 11) is 3.00. The van der Waals surface area contributed by atoms with E-state index in [0.717, 1.165) is 13.1 Å². The van der Waals surface area contributed by atoms with Gasteiger partial charge in [-0.2, -0.15) is 0 Å². The molecule has 3 aromatic rings. The van der Waals surface area contributed by atoms with Crippen molar-refractivity contribution in [1.82, 2.24) is 4.98 Å². The molecule has 4 rings (SSSR count). The van der Waals surface area contributed by atoms with Gasteiger partial charge in [0.2, 0.25) is 0 Å². The Morgan fingerprint density at radius 1 is 1.10 bits per heavy atom. The largest absolute Gasteiger partial charge is 0.497 e. The summed E-state index contributed by atoms with van der Waals surface area (Å²) in [4.78, 5) is 19.2. The maximum Gasteiger partial charge on any atom is 0.259 e. The van der Waals surface area contributed by atoms with Crippen molar-refractivity contribution in [2.45, 2.75) is 0 Å². The number of benzene rings is 2. The van der Waals surface area contributed by atoms with Crippen molar-refractivity contribution in [2.24, 2.45) is 0 Å². The first-order valence-electron chi connectivity index (χ1n) is 9.55. The van der Waals surface area contributed by atoms with Gasteiger partial charge in [-0.05, 0) is 36.4 Å². The Kier molecular flexibility index (Phi) is 5.67. The van der Waals surface area contributed by atoms with Crippen molar-refractivity contribution in [3.63, 3.8) is 0 Å². The lowest BCUT2D eigenvalue weighted by Crippen LogP contribution is -2.36. The first kappa shape index (κ1) is 19.9. The van der Waals surface area contributed by atoms with Gasteiger partial charge in [0.25, 0.3) is 5.91 Å². The van der Waals surface area contributed by atoms with Crippen LogP contribution < -0.4 is 19.7 Å². The van der Waals surface area contributed by atoms with Crippen molar-refractivity contribution in [3.8, 4) is 11.5 Å². The predicted octanol–water partition coefficient (Wildman–Crippen LogP) is 3.48. The number of fused-ring (bicyclic) bond motifs is 1. The number of nitrogens with one attached hydrogen (secondary N) is 1. The number of aromatic nitrogens is 1. The molecule has 1 saturated heterocycles. The van der Waals surface area contributed by atoms with E-state index in [0.29, 0.717) is 47.2 Å². The molecule has 0 unspecified atom stereocenters. The van der Waals surface area contributed by atoms with Gasteiger partial charge in [-0.3, -0.25) is 4.79 Å². The molecule has 1 N–H and O–H groups in total. The average Bonchev–Trinajstić information content (AvgIpc) is 2.79. The highest BCUT2D eigenvalue weighted by Gasteiger charge is 2.17. The number of hydrogen-bond donors (Lipinski definition) is 1. The Balaban J connectivity index is 1.60. The second-order valence-electron chi connectivity index (χ2n) is 6.82. The maximum absolute atomic E-state index is 14.8. The molecule has 1 aliphatic rings. The van der Waals surface area contributed by atoms with Crippen LogP contribution in [0.5, 0.6) is 11.5 Å². The van der Waals surface area contributed by atoms with Crippen LogP contribution in [-0.4, -0.2) is 51.4 Å². The monoisotopic (exact) mass is 411 g/mol. The minimum absolute atomic E-state index is 0.263. The van der Waals surface area contributed by atoms with Crippen LogP contribution in [-0.2, 0) is 4.74 Å². The van der Waals surface area contributed by atoms with Gasteiger partial charge >= 0.3 is 0 Å². The van der Waals surface area contributed by atoms with Crippen LogP contribution >= 0.6 is 0 Å². The number of carbonyl (C=O) groups excluding carboxylic acids is 1. The number of ether oxygens (including phenoxy) is 3. The molecule has 0 spiro atoms. The Hall–Kier alpha value is -3.39. The van der Waals surface area contributed by atoms with Crippen LogP contribution in [0.4, 0.5) is 15.9 Å². The third-order valence-electron chi connectivity index (χ3n) is 4.98. The summed E-state index contributed by atoms with van der Waals surface area (Å²) >= 11 is 0. The third kappa shape index (κ3) is 3.99. The Morgan fingerprint density at radius 3 is 2.63 bits per heavy atom. The highest BCUT2D eigenvalue weighted by Crippen LogP contribution is 2.28. The van der Waals surface area contributed by atoms with Crippen LogP contribution in [0.25, 0.3) is 10.9 Å². The number of morpholine rings is 1. The van der Waals surface area contributed by atoms with Gasteiger partial charge in [-0.25, -0.2) is 9.37 Å². The minimum Gasteiger partial charge on any atom is -0.497 e. The predicted molar refractivity (Wildman–Crippen MR) is 112 cm³/mol. The molecule has 30 heavy (non-hydrogen) atoms. The van der Waals surface area contributed by atoms with E-state index in [1.54, 1.807) is 30.3 Å². The van der Waals surface area contributed by atoms with E-state index in [4.69, 9.17) is 14.2 Å². The van der Waals surface area contributed by atoms with Gasteiger partial charge in [0.15, 0.2) is 5.82 Å². The van der Waals surface area contributed by atoms with Crippen LogP contribution in [0.15, 0.2) is 42.5 Å². The fourth-order valence-corrected chi connectivity index (χ4v) is 3.41. The zero-order valence-electron chi connectivity index (χ0n) is 16.8. The van der Waals surface area contributed by atoms with Crippen molar-refractivity contribution in [2.75, 3.05) is 50.7 Å². The van der Waals surface area contributed by atoms with Crippen molar-refractivity contribution >= 4 is 28.3 Å². The van der Waals surface area contributed by atoms with E-state index in [9.17, 15) is 9.18 Å². The molecule has 1 aromatic heterocycles. The Bertz CT molecular complexity index is 1080. The van der Waals surface area contributed by atoms with E-state index in [-0.39, 0.29) is 5.52 Å². The number of halogens is 1. The van der Waals surface area contributed by atoms with Crippen molar-refractivity contribution < 1.29 is 23.4 Å². The van der Waals surface area contributed by atoms with Crippen molar-refractivity contribution in [1.29, 1.82) is 0 Å². The normalized spacial score (nSPS) is 13.9. The zero-order valence-corrected chi connectivity index (χ0v) is 16.8. The summed E-state index contributed by atoms with van der Waals surface area (Å²) < 4.78 is 30.6. The number of amides is 1. The second kappa shape index (κ2) is 8.54. The summed E-state index contributed by atoms with van der Waals surface area (Å²) in [5, 5.41) is 3.33. The molecular weight excluding hydrogens is 389 g/mol. The number of rotatable bonds is 5. The first-order chi connectivity index (χ1) is 14.6. The number of pyridine rings is 1. The van der Waals surface area contributed by atoms with Crippen LogP contribution in [0.1, 0.15) is 10.4 Å². The van der Waals surface area contributed by atoms with Crippen LogP contribution in [0.2, 0.25) is 0 Å². The van der Waals surface area contributed by atoms with E-state index in [1.165, 1.54) is 20.3 Å². The summed E-state index contributed by atoms with van der Waals surface area (Å²) in [5.41, 5.74) is 0.919. The van der Waals surface area contributed by atoms with E-state index < -0.39 is 11.7 Å². The fourth-order valence-electron chi connectivity index (χ4n) is 3.41. The van der Waals surface area contributed by atoms with Crippen LogP contribution in [0.3, 0.4) is 0 Å². The molecule has 156 valence electrons. The van der Waals surface area contributed by atoms with Crippen molar-refractivity contribution in [3.05, 3.63) is 53.8 Å². The molecule has 1 aliphatic heterocycles. The summed E-state index contributed by atoms with van der Waals surface area (Å²) in [6.45, 7) is 2.69. The molecule has 2 heterocycles. The lowest BCUT2D eigenvalue weighted by atomic mass is 10.1. The fraction of sp³-hybridized carbons (Fsp3) is 0.273. The van der Waals surface area contributed by atoms with Gasteiger partial charge in [-0.1, -0.05) is 0 Å². The molecule has 0 bridgehead atoms. The number of anilines is 2. The summed E-state index contributed by atoms with van der Waals surface area (Å²) in [6.07, 6.45) is 0. The van der Waals surface area contributed by atoms with Gasteiger partial charge in [-0.15, -0.1) is 0 Å². The molecule has 0 saturated carbocycles. The average molecular weight is 411 g/mol. The van der Waals surface area contributed by atoms with E-state index in [1.807, 2.05) is 6.07 Å². The molecule has 7 nitrogen and oxygen atoms in total. The Labute approximate surface area is 173 Å². The smallest absolute Gasteiger partial charge is 0.259 e. The lowest BCUT2D eigenvalue weighted by Gasteiger charge is -2.28. The number of methoxy groups -OCH3 is 2. The molecule has 1 amide bonds. The van der Waals surface area contributed by atoms with Gasteiger partial charge in [0.1, 0.15) is 22.8 Å². The zero-order chi connectivity index (χ0) is 21.1. The highest BCUT2D eigenvalue weighted by molar-refractivity contribution is 6.07. The number of carbonyl (C=O) groups is 1. The molecule has 1 fully saturated rings. The quantitative estimate of drug-likeness (QED) is 0.693. The molecular formula is C22H22FN3O4. The molecule has 0 radical (unpaired) electrons. The molecule has 2 aromatic carbocycles. The lowest BCUT2D eigenvalue weighted by molar-refractivity contribution is 0.102. The molecule has 0 aliphatic carbocycles. The maximum atomic E-state index is 14.8. The summed E-state index contributed by atoms with van der Waals surface area (Å²) in [6, 6.07) is 11.5. The Morgan fingerprint density at radius 2 is 1.90 bits per heavy atom. The number of nitrogens with zero attached hydrogens (tertiary/aromatic N) is 2. The summed E-state index contributed by atoms with van der Waals surface area (Å²) in [5.74, 6) is 0.738. The molecule has 0 atom stereocenters. The molecule has 8 heteroatoms. The van der Waals surface area contributed by atoms with Crippen LogP contribution in [0, 0.1) is 5.82 Å². The van der Waals surface area contributed by atoms with Gasteiger partial charge < -0.3 is 24.4 Å². The minimum atomic E-state index is -0.500. The highest BCUT2D eigenvalue weighted by atomic mass is 19.1. The van der Waals surface area contributed by atoms with E-state index >= 15 is 0 Å². The first-order valence-corrected chi connectivity index (χ1v) is 9.55. The second-order valence-corrected chi connectivity index (χ2v) is 6.82. The standard InChI is InChI=1S/C22H22FN3O4/c1-28-16-4-5-17(19(13-16)29-2)22(27)24-15-11-14-3-6-20(25-21(14)18(23)12-15)26-7-9-30-10-8-26/h3-6,11-13H,7-10H2,1-2H3,(H,24,27). The van der Waals surface area contributed by atoms with Gasteiger partial charge in [0, 0.05) is 30.2 Å². The third-order valence-corrected chi connectivity index (χ3v) is 4.98.